The number of rotatable bonds is 4. The number of thiazole rings is 1. The summed E-state index contributed by atoms with van der Waals surface area (Å²) in [5.41, 5.74) is 0.979. The van der Waals surface area contributed by atoms with E-state index in [9.17, 15) is 4.79 Å². The highest BCUT2D eigenvalue weighted by Crippen LogP contribution is 2.22. The second-order valence-electron chi connectivity index (χ2n) is 6.58. The summed E-state index contributed by atoms with van der Waals surface area (Å²) in [4.78, 5) is 18.7. The van der Waals surface area contributed by atoms with E-state index in [0.29, 0.717) is 13.1 Å². The predicted octanol–water partition coefficient (Wildman–Crippen LogP) is 2.96. The van der Waals surface area contributed by atoms with Crippen LogP contribution in [0.5, 0.6) is 0 Å². The number of carbonyl (C=O) groups is 1. The number of nitrogens with zero attached hydrogens (tertiary/aromatic N) is 5. The lowest BCUT2D eigenvalue weighted by Gasteiger charge is -2.16. The average molecular weight is 370 g/mol. The van der Waals surface area contributed by atoms with Crippen LogP contribution in [0, 0.1) is 0 Å². The number of hydrogen-bond acceptors (Lipinski definition) is 5. The Hall–Kier alpha value is -2.48. The van der Waals surface area contributed by atoms with Crippen molar-refractivity contribution in [1.82, 2.24) is 30.0 Å². The van der Waals surface area contributed by atoms with Gasteiger partial charge in [-0.25, -0.2) is 9.78 Å². The summed E-state index contributed by atoms with van der Waals surface area (Å²) >= 11 is 1.62. The van der Waals surface area contributed by atoms with Crippen LogP contribution in [0.25, 0.3) is 10.2 Å². The zero-order valence-electron chi connectivity index (χ0n) is 14.8. The van der Waals surface area contributed by atoms with Gasteiger partial charge >= 0.3 is 6.03 Å². The minimum Gasteiger partial charge on any atom is -0.331 e. The standard InChI is InChI=1S/C18H22N6OS/c1-23(12-17-20-13-7-4-5-8-14(13)26-17)18(25)19-11-16-22-21-15-9-3-2-6-10-24(15)16/h4-5,7-8H,2-3,6,9-12H2,1H3,(H,19,25). The molecule has 0 atom stereocenters. The van der Waals surface area contributed by atoms with Crippen molar-refractivity contribution in [1.29, 1.82) is 0 Å². The Morgan fingerprint density at radius 1 is 1.27 bits per heavy atom. The first-order valence-corrected chi connectivity index (χ1v) is 9.77. The average Bonchev–Trinajstić information content (AvgIpc) is 3.15. The van der Waals surface area contributed by atoms with Crippen LogP contribution in [0.2, 0.25) is 0 Å². The highest BCUT2D eigenvalue weighted by Gasteiger charge is 2.17. The maximum Gasteiger partial charge on any atom is 0.317 e. The molecule has 7 nitrogen and oxygen atoms in total. The number of aromatic nitrogens is 4. The van der Waals surface area contributed by atoms with E-state index in [4.69, 9.17) is 0 Å². The van der Waals surface area contributed by atoms with Crippen LogP contribution >= 0.6 is 11.3 Å². The molecule has 26 heavy (non-hydrogen) atoms. The van der Waals surface area contributed by atoms with E-state index in [1.165, 1.54) is 6.42 Å². The molecule has 0 saturated heterocycles. The number of benzene rings is 1. The van der Waals surface area contributed by atoms with E-state index >= 15 is 0 Å². The largest absolute Gasteiger partial charge is 0.331 e. The maximum absolute atomic E-state index is 12.4. The number of aryl methyl sites for hydroxylation is 1. The van der Waals surface area contributed by atoms with Gasteiger partial charge < -0.3 is 14.8 Å². The number of hydrogen-bond donors (Lipinski definition) is 1. The molecule has 0 unspecified atom stereocenters. The molecule has 1 aromatic carbocycles. The van der Waals surface area contributed by atoms with Crippen molar-refractivity contribution in [3.8, 4) is 0 Å². The first kappa shape index (κ1) is 17.0. The molecule has 3 aromatic rings. The van der Waals surface area contributed by atoms with Crippen LogP contribution in [0.4, 0.5) is 4.79 Å². The molecule has 3 heterocycles. The van der Waals surface area contributed by atoms with Crippen molar-refractivity contribution < 1.29 is 4.79 Å². The molecule has 1 aliphatic heterocycles. The Labute approximate surface area is 156 Å². The predicted molar refractivity (Wildman–Crippen MR) is 101 cm³/mol. The van der Waals surface area contributed by atoms with Gasteiger partial charge in [0.1, 0.15) is 10.8 Å². The lowest BCUT2D eigenvalue weighted by molar-refractivity contribution is 0.206. The molecule has 1 aliphatic rings. The summed E-state index contributed by atoms with van der Waals surface area (Å²) in [7, 11) is 1.78. The molecular weight excluding hydrogens is 348 g/mol. The second-order valence-corrected chi connectivity index (χ2v) is 7.70. The van der Waals surface area contributed by atoms with Gasteiger partial charge in [-0.3, -0.25) is 0 Å². The summed E-state index contributed by atoms with van der Waals surface area (Å²) in [5.74, 6) is 1.87. The summed E-state index contributed by atoms with van der Waals surface area (Å²) in [6, 6.07) is 7.89. The minimum absolute atomic E-state index is 0.129. The lowest BCUT2D eigenvalue weighted by Crippen LogP contribution is -2.37. The van der Waals surface area contributed by atoms with Crippen molar-refractivity contribution >= 4 is 27.6 Å². The van der Waals surface area contributed by atoms with E-state index in [1.54, 1.807) is 23.3 Å². The number of para-hydroxylation sites is 1. The molecule has 1 N–H and O–H groups in total. The maximum atomic E-state index is 12.4. The normalized spacial score (nSPS) is 14.0. The first-order valence-electron chi connectivity index (χ1n) is 8.95. The zero-order valence-corrected chi connectivity index (χ0v) is 15.6. The third kappa shape index (κ3) is 3.55. The third-order valence-electron chi connectivity index (χ3n) is 4.64. The molecule has 4 rings (SSSR count). The van der Waals surface area contributed by atoms with Crippen molar-refractivity contribution in [2.75, 3.05) is 7.05 Å². The molecular formula is C18H22N6OS. The monoisotopic (exact) mass is 370 g/mol. The van der Waals surface area contributed by atoms with Crippen LogP contribution in [0.3, 0.4) is 0 Å². The molecule has 136 valence electrons. The second kappa shape index (κ2) is 7.41. The van der Waals surface area contributed by atoms with Gasteiger partial charge in [-0.05, 0) is 25.0 Å². The van der Waals surface area contributed by atoms with Gasteiger partial charge in [0.25, 0.3) is 0 Å². The van der Waals surface area contributed by atoms with Crippen molar-refractivity contribution in [2.24, 2.45) is 0 Å². The molecule has 0 radical (unpaired) electrons. The number of nitrogens with one attached hydrogen (secondary N) is 1. The molecule has 0 saturated carbocycles. The van der Waals surface area contributed by atoms with Crippen molar-refractivity contribution in [3.63, 3.8) is 0 Å². The summed E-state index contributed by atoms with van der Waals surface area (Å²) in [6.07, 6.45) is 4.50. The SMILES string of the molecule is CN(Cc1nc2ccccc2s1)C(=O)NCc1nnc2n1CCCCC2. The molecule has 0 fully saturated rings. The van der Waals surface area contributed by atoms with Crippen LogP contribution in [0.1, 0.15) is 35.9 Å². The van der Waals surface area contributed by atoms with Gasteiger partial charge in [0.2, 0.25) is 0 Å². The van der Waals surface area contributed by atoms with E-state index in [1.807, 2.05) is 24.3 Å². The third-order valence-corrected chi connectivity index (χ3v) is 5.66. The molecule has 0 spiro atoms. The molecule has 8 heteroatoms. The Balaban J connectivity index is 1.36. The van der Waals surface area contributed by atoms with Gasteiger partial charge in [0.15, 0.2) is 5.82 Å². The van der Waals surface area contributed by atoms with Crippen LogP contribution in [-0.4, -0.2) is 37.7 Å². The highest BCUT2D eigenvalue weighted by atomic mass is 32.1. The summed E-state index contributed by atoms with van der Waals surface area (Å²) in [5, 5.41) is 12.4. The Morgan fingerprint density at radius 3 is 3.04 bits per heavy atom. The minimum atomic E-state index is -0.129. The number of amides is 2. The lowest BCUT2D eigenvalue weighted by atomic mass is 10.2. The van der Waals surface area contributed by atoms with Crippen molar-refractivity contribution in [3.05, 3.63) is 40.9 Å². The molecule has 2 aromatic heterocycles. The number of urea groups is 1. The van der Waals surface area contributed by atoms with Gasteiger partial charge in [-0.2, -0.15) is 0 Å². The molecule has 0 bridgehead atoms. The fraction of sp³-hybridized carbons (Fsp3) is 0.444. The Bertz CT molecular complexity index is 884. The fourth-order valence-corrected chi connectivity index (χ4v) is 4.25. The van der Waals surface area contributed by atoms with Gasteiger partial charge in [-0.15, -0.1) is 21.5 Å². The summed E-state index contributed by atoms with van der Waals surface area (Å²) in [6.45, 7) is 1.83. The van der Waals surface area contributed by atoms with Gasteiger partial charge in [0.05, 0.1) is 23.3 Å². The van der Waals surface area contributed by atoms with Crippen LogP contribution < -0.4 is 5.32 Å². The van der Waals surface area contributed by atoms with Crippen LogP contribution in [0.15, 0.2) is 24.3 Å². The van der Waals surface area contributed by atoms with Crippen LogP contribution in [-0.2, 0) is 26.1 Å². The zero-order chi connectivity index (χ0) is 17.9. The van der Waals surface area contributed by atoms with E-state index in [-0.39, 0.29) is 6.03 Å². The summed E-state index contributed by atoms with van der Waals surface area (Å²) < 4.78 is 3.29. The van der Waals surface area contributed by atoms with E-state index < -0.39 is 0 Å². The smallest absolute Gasteiger partial charge is 0.317 e. The number of carbonyl (C=O) groups excluding carboxylic acids is 1. The highest BCUT2D eigenvalue weighted by molar-refractivity contribution is 7.18. The van der Waals surface area contributed by atoms with Gasteiger partial charge in [-0.1, -0.05) is 18.6 Å². The van der Waals surface area contributed by atoms with Gasteiger partial charge in [0, 0.05) is 20.0 Å². The fourth-order valence-electron chi connectivity index (χ4n) is 3.23. The Morgan fingerprint density at radius 2 is 2.15 bits per heavy atom. The van der Waals surface area contributed by atoms with E-state index in [2.05, 4.69) is 25.1 Å². The first-order chi connectivity index (χ1) is 12.7. The quantitative estimate of drug-likeness (QED) is 0.766. The molecule has 2 amide bonds. The Kier molecular flexibility index (Phi) is 4.83. The molecule has 0 aliphatic carbocycles. The topological polar surface area (TPSA) is 75.9 Å². The number of fused-ring (bicyclic) bond motifs is 2. The van der Waals surface area contributed by atoms with Crippen molar-refractivity contribution in [2.45, 2.75) is 45.3 Å². The van der Waals surface area contributed by atoms with E-state index in [0.717, 1.165) is 52.7 Å².